The van der Waals surface area contributed by atoms with Crippen molar-refractivity contribution in [2.24, 2.45) is 0 Å². The molecular formula is C11H10BrNOS. The third-order valence-electron chi connectivity index (χ3n) is 2.23. The van der Waals surface area contributed by atoms with Crippen LogP contribution in [0.15, 0.2) is 38.9 Å². The number of thiazole rings is 1. The summed E-state index contributed by atoms with van der Waals surface area (Å²) in [6.07, 6.45) is 0. The summed E-state index contributed by atoms with van der Waals surface area (Å²) in [5.74, 6) is 0. The van der Waals surface area contributed by atoms with Crippen LogP contribution >= 0.6 is 27.3 Å². The molecule has 0 saturated carbocycles. The van der Waals surface area contributed by atoms with Gasteiger partial charge in [-0.15, -0.1) is 0 Å². The highest BCUT2D eigenvalue weighted by molar-refractivity contribution is 9.10. The molecule has 1 heterocycles. The van der Waals surface area contributed by atoms with Crippen LogP contribution in [0.4, 0.5) is 0 Å². The van der Waals surface area contributed by atoms with E-state index >= 15 is 0 Å². The summed E-state index contributed by atoms with van der Waals surface area (Å²) < 4.78 is 2.84. The Hall–Kier alpha value is -0.870. The first-order valence-electron chi connectivity index (χ1n) is 4.56. The number of halogens is 1. The summed E-state index contributed by atoms with van der Waals surface area (Å²) in [5, 5.41) is 1.89. The molecule has 0 bridgehead atoms. The quantitative estimate of drug-likeness (QED) is 0.831. The molecule has 78 valence electrons. The Kier molecular flexibility index (Phi) is 3.07. The van der Waals surface area contributed by atoms with Crippen LogP contribution in [0.3, 0.4) is 0 Å². The molecule has 0 N–H and O–H groups in total. The molecule has 0 aliphatic rings. The molecule has 1 aromatic heterocycles. The van der Waals surface area contributed by atoms with E-state index in [0.717, 1.165) is 15.7 Å². The van der Waals surface area contributed by atoms with E-state index in [4.69, 9.17) is 0 Å². The fourth-order valence-corrected chi connectivity index (χ4v) is 2.37. The molecule has 0 atom stereocenters. The molecule has 0 unspecified atom stereocenters. The molecule has 15 heavy (non-hydrogen) atoms. The number of hydrogen-bond donors (Lipinski definition) is 0. The Balaban J connectivity index is 2.29. The van der Waals surface area contributed by atoms with Gasteiger partial charge in [0.2, 0.25) is 0 Å². The van der Waals surface area contributed by atoms with Crippen LogP contribution in [-0.4, -0.2) is 4.57 Å². The Morgan fingerprint density at radius 3 is 2.53 bits per heavy atom. The predicted molar refractivity (Wildman–Crippen MR) is 66.6 cm³/mol. The smallest absolute Gasteiger partial charge is 0.299 e. The summed E-state index contributed by atoms with van der Waals surface area (Å²) >= 11 is 4.64. The number of hydrogen-bond acceptors (Lipinski definition) is 2. The first-order valence-corrected chi connectivity index (χ1v) is 6.23. The lowest BCUT2D eigenvalue weighted by molar-refractivity contribution is 0.755. The van der Waals surface area contributed by atoms with Gasteiger partial charge in [-0.2, -0.15) is 0 Å². The lowest BCUT2D eigenvalue weighted by Crippen LogP contribution is -2.15. The van der Waals surface area contributed by atoms with Crippen molar-refractivity contribution in [3.63, 3.8) is 0 Å². The third kappa shape index (κ3) is 2.38. The van der Waals surface area contributed by atoms with E-state index in [0.29, 0.717) is 6.54 Å². The van der Waals surface area contributed by atoms with Gasteiger partial charge in [0.05, 0.1) is 6.54 Å². The molecule has 0 radical (unpaired) electrons. The Bertz CT molecular complexity index is 512. The monoisotopic (exact) mass is 283 g/mol. The Morgan fingerprint density at radius 2 is 2.00 bits per heavy atom. The normalized spacial score (nSPS) is 10.5. The second kappa shape index (κ2) is 4.33. The highest BCUT2D eigenvalue weighted by Gasteiger charge is 2.02. The zero-order chi connectivity index (χ0) is 10.8. The first kappa shape index (κ1) is 10.6. The van der Waals surface area contributed by atoms with Gasteiger partial charge in [0.15, 0.2) is 0 Å². The van der Waals surface area contributed by atoms with Crippen LogP contribution in [0, 0.1) is 6.92 Å². The van der Waals surface area contributed by atoms with E-state index in [1.54, 1.807) is 4.57 Å². The standard InChI is InChI=1S/C11H10BrNOS/c1-8-7-15-11(14)13(8)6-9-2-4-10(12)5-3-9/h2-5,7H,6H2,1H3. The molecule has 2 rings (SSSR count). The van der Waals surface area contributed by atoms with Crippen molar-refractivity contribution < 1.29 is 0 Å². The molecule has 0 aliphatic heterocycles. The maximum Gasteiger partial charge on any atom is 0.307 e. The third-order valence-corrected chi connectivity index (χ3v) is 3.64. The van der Waals surface area contributed by atoms with Crippen LogP contribution in [0.1, 0.15) is 11.3 Å². The second-order valence-electron chi connectivity index (χ2n) is 3.36. The first-order chi connectivity index (χ1) is 7.16. The van der Waals surface area contributed by atoms with Gasteiger partial charge in [-0.05, 0) is 24.6 Å². The molecule has 2 nitrogen and oxygen atoms in total. The highest BCUT2D eigenvalue weighted by Crippen LogP contribution is 2.12. The number of aryl methyl sites for hydroxylation is 1. The maximum atomic E-state index is 11.5. The summed E-state index contributed by atoms with van der Waals surface area (Å²) in [6.45, 7) is 2.61. The number of benzene rings is 1. The molecule has 1 aromatic carbocycles. The molecular weight excluding hydrogens is 274 g/mol. The van der Waals surface area contributed by atoms with Crippen molar-refractivity contribution in [2.45, 2.75) is 13.5 Å². The predicted octanol–water partition coefficient (Wildman–Crippen LogP) is 3.03. The average Bonchev–Trinajstić information content (AvgIpc) is 2.53. The van der Waals surface area contributed by atoms with E-state index in [1.165, 1.54) is 11.3 Å². The molecule has 0 saturated heterocycles. The van der Waals surface area contributed by atoms with Gasteiger partial charge in [0.25, 0.3) is 0 Å². The van der Waals surface area contributed by atoms with E-state index in [-0.39, 0.29) is 4.87 Å². The highest BCUT2D eigenvalue weighted by atomic mass is 79.9. The van der Waals surface area contributed by atoms with Crippen molar-refractivity contribution in [3.8, 4) is 0 Å². The minimum absolute atomic E-state index is 0.107. The van der Waals surface area contributed by atoms with Gasteiger partial charge in [-0.3, -0.25) is 9.36 Å². The minimum atomic E-state index is 0.107. The molecule has 4 heteroatoms. The zero-order valence-electron chi connectivity index (χ0n) is 8.24. The second-order valence-corrected chi connectivity index (χ2v) is 5.09. The van der Waals surface area contributed by atoms with Crippen molar-refractivity contribution in [1.82, 2.24) is 4.57 Å². The van der Waals surface area contributed by atoms with Gasteiger partial charge in [-0.1, -0.05) is 39.4 Å². The molecule has 0 spiro atoms. The lowest BCUT2D eigenvalue weighted by atomic mass is 10.2. The van der Waals surface area contributed by atoms with Gasteiger partial charge < -0.3 is 0 Å². The molecule has 0 aliphatic carbocycles. The number of aromatic nitrogens is 1. The van der Waals surface area contributed by atoms with Crippen LogP contribution in [0.2, 0.25) is 0 Å². The number of nitrogens with zero attached hydrogens (tertiary/aromatic N) is 1. The van der Waals surface area contributed by atoms with Crippen molar-refractivity contribution in [1.29, 1.82) is 0 Å². The van der Waals surface area contributed by atoms with Crippen LogP contribution < -0.4 is 4.87 Å². The molecule has 2 aromatic rings. The van der Waals surface area contributed by atoms with Crippen LogP contribution in [0.25, 0.3) is 0 Å². The largest absolute Gasteiger partial charge is 0.307 e. The molecule has 0 fully saturated rings. The van der Waals surface area contributed by atoms with Gasteiger partial charge in [0, 0.05) is 15.5 Å². The van der Waals surface area contributed by atoms with Gasteiger partial charge in [0.1, 0.15) is 0 Å². The van der Waals surface area contributed by atoms with E-state index < -0.39 is 0 Å². The van der Waals surface area contributed by atoms with Crippen LogP contribution in [0.5, 0.6) is 0 Å². The number of rotatable bonds is 2. The Morgan fingerprint density at radius 1 is 1.33 bits per heavy atom. The summed E-state index contributed by atoms with van der Waals surface area (Å²) in [4.78, 5) is 11.6. The van der Waals surface area contributed by atoms with E-state index in [2.05, 4.69) is 15.9 Å². The summed E-state index contributed by atoms with van der Waals surface area (Å²) in [6, 6.07) is 8.02. The maximum absolute atomic E-state index is 11.5. The summed E-state index contributed by atoms with van der Waals surface area (Å²) in [7, 11) is 0. The minimum Gasteiger partial charge on any atom is -0.299 e. The summed E-state index contributed by atoms with van der Waals surface area (Å²) in [5.41, 5.74) is 2.16. The topological polar surface area (TPSA) is 22.0 Å². The SMILES string of the molecule is Cc1csc(=O)n1Cc1ccc(Br)cc1. The van der Waals surface area contributed by atoms with Crippen LogP contribution in [-0.2, 0) is 6.54 Å². The van der Waals surface area contributed by atoms with Gasteiger partial charge in [-0.25, -0.2) is 0 Å². The van der Waals surface area contributed by atoms with Gasteiger partial charge >= 0.3 is 4.87 Å². The lowest BCUT2D eigenvalue weighted by Gasteiger charge is -2.04. The van der Waals surface area contributed by atoms with Crippen molar-refractivity contribution in [2.75, 3.05) is 0 Å². The van der Waals surface area contributed by atoms with E-state index in [9.17, 15) is 4.79 Å². The van der Waals surface area contributed by atoms with Crippen molar-refractivity contribution >= 4 is 27.3 Å². The van der Waals surface area contributed by atoms with E-state index in [1.807, 2.05) is 36.6 Å². The Labute approximate surface area is 100 Å². The van der Waals surface area contributed by atoms with Crippen molar-refractivity contribution in [3.05, 3.63) is 55.0 Å². The fraction of sp³-hybridized carbons (Fsp3) is 0.182. The fourth-order valence-electron chi connectivity index (χ4n) is 1.37. The average molecular weight is 284 g/mol. The molecule has 0 amide bonds. The zero-order valence-corrected chi connectivity index (χ0v) is 10.6.